The van der Waals surface area contributed by atoms with Crippen molar-refractivity contribution in [3.05, 3.63) is 65.2 Å². The molecular weight excluding hydrogens is 265 g/mol. The third-order valence-electron chi connectivity index (χ3n) is 3.69. The highest BCUT2D eigenvalue weighted by atomic mass is 19.1. The van der Waals surface area contributed by atoms with Crippen molar-refractivity contribution in [2.75, 3.05) is 14.1 Å². The summed E-state index contributed by atoms with van der Waals surface area (Å²) < 4.78 is 13.8. The molecular formula is C17H22FN3. The van der Waals surface area contributed by atoms with E-state index in [4.69, 9.17) is 0 Å². The van der Waals surface area contributed by atoms with Gasteiger partial charge in [0.15, 0.2) is 0 Å². The summed E-state index contributed by atoms with van der Waals surface area (Å²) in [4.78, 5) is 6.56. The van der Waals surface area contributed by atoms with Gasteiger partial charge in [0.25, 0.3) is 0 Å². The summed E-state index contributed by atoms with van der Waals surface area (Å²) >= 11 is 0. The summed E-state index contributed by atoms with van der Waals surface area (Å²) in [6, 6.07) is 11.0. The van der Waals surface area contributed by atoms with Crippen molar-refractivity contribution in [3.63, 3.8) is 0 Å². The van der Waals surface area contributed by atoms with Gasteiger partial charge >= 0.3 is 0 Å². The number of nitrogens with zero attached hydrogens (tertiary/aromatic N) is 2. The van der Waals surface area contributed by atoms with Gasteiger partial charge in [-0.2, -0.15) is 0 Å². The van der Waals surface area contributed by atoms with E-state index < -0.39 is 0 Å². The van der Waals surface area contributed by atoms with Crippen LogP contribution in [-0.4, -0.2) is 24.0 Å². The van der Waals surface area contributed by atoms with E-state index in [-0.39, 0.29) is 11.9 Å². The van der Waals surface area contributed by atoms with Crippen LogP contribution in [0.15, 0.2) is 42.6 Å². The SMILES string of the molecule is CNCc1ccc(CN(C)C(C)c2ccccc2F)nc1. The Morgan fingerprint density at radius 3 is 2.62 bits per heavy atom. The minimum absolute atomic E-state index is 0.00462. The maximum atomic E-state index is 13.8. The van der Waals surface area contributed by atoms with E-state index in [1.165, 1.54) is 6.07 Å². The standard InChI is InChI=1S/C17H22FN3/c1-13(16-6-4-5-7-17(16)18)21(3)12-15-9-8-14(10-19-2)11-20-15/h4-9,11,13,19H,10,12H2,1-3H3. The van der Waals surface area contributed by atoms with Crippen LogP contribution >= 0.6 is 0 Å². The quantitative estimate of drug-likeness (QED) is 0.884. The highest BCUT2D eigenvalue weighted by molar-refractivity contribution is 5.21. The van der Waals surface area contributed by atoms with Crippen LogP contribution in [0.2, 0.25) is 0 Å². The molecule has 0 fully saturated rings. The van der Waals surface area contributed by atoms with Gasteiger partial charge in [-0.25, -0.2) is 4.39 Å². The zero-order chi connectivity index (χ0) is 15.2. The number of pyridine rings is 1. The molecule has 112 valence electrons. The average Bonchev–Trinajstić information content (AvgIpc) is 2.49. The van der Waals surface area contributed by atoms with Gasteiger partial charge in [0.05, 0.1) is 5.69 Å². The summed E-state index contributed by atoms with van der Waals surface area (Å²) in [5, 5.41) is 3.10. The third-order valence-corrected chi connectivity index (χ3v) is 3.69. The van der Waals surface area contributed by atoms with Gasteiger partial charge in [-0.05, 0) is 38.7 Å². The normalized spacial score (nSPS) is 12.6. The van der Waals surface area contributed by atoms with Crippen LogP contribution in [0.5, 0.6) is 0 Å². The Morgan fingerprint density at radius 1 is 1.24 bits per heavy atom. The van der Waals surface area contributed by atoms with Crippen molar-refractivity contribution >= 4 is 0 Å². The lowest BCUT2D eigenvalue weighted by Crippen LogP contribution is -2.23. The summed E-state index contributed by atoms with van der Waals surface area (Å²) in [5.74, 6) is -0.158. The van der Waals surface area contributed by atoms with E-state index in [1.54, 1.807) is 6.07 Å². The van der Waals surface area contributed by atoms with E-state index in [0.29, 0.717) is 12.1 Å². The number of benzene rings is 1. The third kappa shape index (κ3) is 4.09. The zero-order valence-corrected chi connectivity index (χ0v) is 12.8. The van der Waals surface area contributed by atoms with E-state index >= 15 is 0 Å². The number of rotatable bonds is 6. The molecule has 2 rings (SSSR count). The van der Waals surface area contributed by atoms with Crippen LogP contribution in [0.4, 0.5) is 4.39 Å². The predicted molar refractivity (Wildman–Crippen MR) is 83.3 cm³/mol. The van der Waals surface area contributed by atoms with Gasteiger partial charge < -0.3 is 5.32 Å². The van der Waals surface area contributed by atoms with Gasteiger partial charge in [-0.1, -0.05) is 24.3 Å². The van der Waals surface area contributed by atoms with E-state index in [2.05, 4.69) is 21.3 Å². The molecule has 3 nitrogen and oxygen atoms in total. The number of hydrogen-bond acceptors (Lipinski definition) is 3. The second-order valence-corrected chi connectivity index (χ2v) is 5.30. The predicted octanol–water partition coefficient (Wildman–Crippen LogP) is 3.13. The van der Waals surface area contributed by atoms with E-state index in [1.807, 2.05) is 45.4 Å². The lowest BCUT2D eigenvalue weighted by atomic mass is 10.1. The van der Waals surface area contributed by atoms with Crippen molar-refractivity contribution < 1.29 is 4.39 Å². The monoisotopic (exact) mass is 287 g/mol. The van der Waals surface area contributed by atoms with Crippen LogP contribution in [0, 0.1) is 5.82 Å². The van der Waals surface area contributed by atoms with Crippen LogP contribution in [-0.2, 0) is 13.1 Å². The minimum atomic E-state index is -0.158. The first-order valence-corrected chi connectivity index (χ1v) is 7.15. The highest BCUT2D eigenvalue weighted by Gasteiger charge is 2.15. The molecule has 1 atom stereocenters. The molecule has 1 heterocycles. The van der Waals surface area contributed by atoms with Crippen molar-refractivity contribution in [2.24, 2.45) is 0 Å². The summed E-state index contributed by atoms with van der Waals surface area (Å²) in [5.41, 5.74) is 2.86. The second-order valence-electron chi connectivity index (χ2n) is 5.30. The molecule has 1 N–H and O–H groups in total. The zero-order valence-electron chi connectivity index (χ0n) is 12.8. The largest absolute Gasteiger partial charge is 0.316 e. The molecule has 0 amide bonds. The molecule has 0 bridgehead atoms. The van der Waals surface area contributed by atoms with E-state index in [0.717, 1.165) is 17.8 Å². The Morgan fingerprint density at radius 2 is 2.00 bits per heavy atom. The molecule has 2 aromatic rings. The maximum Gasteiger partial charge on any atom is 0.127 e. The molecule has 4 heteroatoms. The molecule has 1 aromatic heterocycles. The Bertz CT molecular complexity index is 569. The molecule has 0 saturated heterocycles. The highest BCUT2D eigenvalue weighted by Crippen LogP contribution is 2.22. The van der Waals surface area contributed by atoms with E-state index in [9.17, 15) is 4.39 Å². The Hall–Kier alpha value is -1.78. The first kappa shape index (κ1) is 15.6. The maximum absolute atomic E-state index is 13.8. The molecule has 1 unspecified atom stereocenters. The number of hydrogen-bond donors (Lipinski definition) is 1. The molecule has 0 aliphatic rings. The molecule has 0 saturated carbocycles. The second kappa shape index (κ2) is 7.29. The van der Waals surface area contributed by atoms with Crippen molar-refractivity contribution in [3.8, 4) is 0 Å². The van der Waals surface area contributed by atoms with Gasteiger partial charge in [-0.3, -0.25) is 9.88 Å². The van der Waals surface area contributed by atoms with Crippen molar-refractivity contribution in [2.45, 2.75) is 26.1 Å². The van der Waals surface area contributed by atoms with Crippen molar-refractivity contribution in [1.29, 1.82) is 0 Å². The number of halogens is 1. The van der Waals surface area contributed by atoms with Gasteiger partial charge in [-0.15, -0.1) is 0 Å². The fourth-order valence-electron chi connectivity index (χ4n) is 2.30. The van der Waals surface area contributed by atoms with Crippen molar-refractivity contribution in [1.82, 2.24) is 15.2 Å². The number of nitrogens with one attached hydrogen (secondary N) is 1. The lowest BCUT2D eigenvalue weighted by molar-refractivity contribution is 0.245. The fraction of sp³-hybridized carbons (Fsp3) is 0.353. The lowest BCUT2D eigenvalue weighted by Gasteiger charge is -2.25. The fourth-order valence-corrected chi connectivity index (χ4v) is 2.30. The average molecular weight is 287 g/mol. The molecule has 0 aliphatic carbocycles. The Kier molecular flexibility index (Phi) is 5.42. The van der Waals surface area contributed by atoms with Crippen LogP contribution in [0.25, 0.3) is 0 Å². The summed E-state index contributed by atoms with van der Waals surface area (Å²) in [6.45, 7) is 3.51. The van der Waals surface area contributed by atoms with Gasteiger partial charge in [0.1, 0.15) is 5.82 Å². The van der Waals surface area contributed by atoms with Crippen LogP contribution in [0.1, 0.15) is 29.8 Å². The topological polar surface area (TPSA) is 28.2 Å². The summed E-state index contributed by atoms with van der Waals surface area (Å²) in [6.07, 6.45) is 1.88. The Balaban J connectivity index is 2.03. The molecule has 0 radical (unpaired) electrons. The first-order chi connectivity index (χ1) is 10.1. The van der Waals surface area contributed by atoms with Crippen LogP contribution < -0.4 is 5.32 Å². The van der Waals surface area contributed by atoms with Gasteiger partial charge in [0, 0.05) is 30.9 Å². The molecule has 1 aromatic carbocycles. The minimum Gasteiger partial charge on any atom is -0.316 e. The molecule has 21 heavy (non-hydrogen) atoms. The van der Waals surface area contributed by atoms with Crippen LogP contribution in [0.3, 0.4) is 0 Å². The smallest absolute Gasteiger partial charge is 0.127 e. The Labute approximate surface area is 125 Å². The number of aromatic nitrogens is 1. The van der Waals surface area contributed by atoms with Gasteiger partial charge in [0.2, 0.25) is 0 Å². The first-order valence-electron chi connectivity index (χ1n) is 7.15. The summed E-state index contributed by atoms with van der Waals surface area (Å²) in [7, 11) is 3.90. The molecule has 0 spiro atoms. The molecule has 0 aliphatic heterocycles.